The zero-order valence-corrected chi connectivity index (χ0v) is 12.0. The van der Waals surface area contributed by atoms with Crippen LogP contribution in [0.3, 0.4) is 0 Å². The summed E-state index contributed by atoms with van der Waals surface area (Å²) in [4.78, 5) is 0. The zero-order valence-electron chi connectivity index (χ0n) is 12.0. The monoisotopic (exact) mass is 303 g/mol. The van der Waals surface area contributed by atoms with Gasteiger partial charge in [0.1, 0.15) is 17.3 Å². The SMILES string of the molecule is N=Cc1cc(Oc2ccc(F)cc2CN)ccc1NCCO. The Labute approximate surface area is 128 Å². The number of rotatable bonds is 7. The molecule has 0 aliphatic carbocycles. The van der Waals surface area contributed by atoms with Gasteiger partial charge in [-0.2, -0.15) is 0 Å². The number of hydrogen-bond donors (Lipinski definition) is 4. The maximum Gasteiger partial charge on any atom is 0.132 e. The van der Waals surface area contributed by atoms with Gasteiger partial charge in [-0.25, -0.2) is 4.39 Å². The maximum absolute atomic E-state index is 13.2. The molecule has 0 aliphatic heterocycles. The van der Waals surface area contributed by atoms with Crippen molar-refractivity contribution in [3.8, 4) is 11.5 Å². The lowest BCUT2D eigenvalue weighted by Crippen LogP contribution is -2.07. The van der Waals surface area contributed by atoms with E-state index < -0.39 is 0 Å². The van der Waals surface area contributed by atoms with Crippen molar-refractivity contribution in [2.75, 3.05) is 18.5 Å². The maximum atomic E-state index is 13.2. The number of nitrogens with two attached hydrogens (primary N) is 1. The summed E-state index contributed by atoms with van der Waals surface area (Å²) in [5.41, 5.74) is 7.52. The lowest BCUT2D eigenvalue weighted by Gasteiger charge is -2.13. The summed E-state index contributed by atoms with van der Waals surface area (Å²) in [5, 5.41) is 19.3. The molecule has 0 saturated carbocycles. The number of halogens is 1. The molecule has 6 heteroatoms. The van der Waals surface area contributed by atoms with Crippen LogP contribution in [0.25, 0.3) is 0 Å². The molecule has 0 fully saturated rings. The fourth-order valence-electron chi connectivity index (χ4n) is 2.01. The second-order valence-electron chi connectivity index (χ2n) is 4.60. The van der Waals surface area contributed by atoms with Crippen LogP contribution in [-0.2, 0) is 6.54 Å². The van der Waals surface area contributed by atoms with Crippen LogP contribution in [-0.4, -0.2) is 24.5 Å². The lowest BCUT2D eigenvalue weighted by atomic mass is 10.1. The van der Waals surface area contributed by atoms with Gasteiger partial charge >= 0.3 is 0 Å². The Morgan fingerprint density at radius 2 is 2.09 bits per heavy atom. The Morgan fingerprint density at radius 1 is 1.27 bits per heavy atom. The average Bonchev–Trinajstić information content (AvgIpc) is 2.55. The molecule has 0 atom stereocenters. The largest absolute Gasteiger partial charge is 0.457 e. The van der Waals surface area contributed by atoms with Gasteiger partial charge in [-0.05, 0) is 36.4 Å². The Kier molecular flexibility index (Phi) is 5.46. The molecule has 0 amide bonds. The van der Waals surface area contributed by atoms with E-state index in [4.69, 9.17) is 21.0 Å². The minimum Gasteiger partial charge on any atom is -0.457 e. The van der Waals surface area contributed by atoms with E-state index in [1.807, 2.05) is 0 Å². The number of benzene rings is 2. The van der Waals surface area contributed by atoms with Crippen LogP contribution in [0, 0.1) is 11.2 Å². The molecule has 0 bridgehead atoms. The van der Waals surface area contributed by atoms with Crippen molar-refractivity contribution in [2.24, 2.45) is 5.73 Å². The van der Waals surface area contributed by atoms with E-state index in [2.05, 4.69) is 5.32 Å². The number of anilines is 1. The Morgan fingerprint density at radius 3 is 2.77 bits per heavy atom. The molecule has 116 valence electrons. The summed E-state index contributed by atoms with van der Waals surface area (Å²) in [6.45, 7) is 0.572. The molecule has 0 aliphatic rings. The van der Waals surface area contributed by atoms with Crippen molar-refractivity contribution >= 4 is 11.9 Å². The van der Waals surface area contributed by atoms with Crippen molar-refractivity contribution in [3.63, 3.8) is 0 Å². The lowest BCUT2D eigenvalue weighted by molar-refractivity contribution is 0.311. The van der Waals surface area contributed by atoms with E-state index in [0.717, 1.165) is 5.69 Å². The van der Waals surface area contributed by atoms with Crippen LogP contribution in [0.2, 0.25) is 0 Å². The minimum atomic E-state index is -0.364. The van der Waals surface area contributed by atoms with Crippen LogP contribution in [0.1, 0.15) is 11.1 Å². The molecule has 2 aromatic rings. The van der Waals surface area contributed by atoms with E-state index in [9.17, 15) is 4.39 Å². The van der Waals surface area contributed by atoms with E-state index in [-0.39, 0.29) is 19.0 Å². The van der Waals surface area contributed by atoms with Crippen molar-refractivity contribution in [1.82, 2.24) is 0 Å². The summed E-state index contributed by atoms with van der Waals surface area (Å²) in [6.07, 6.45) is 1.20. The molecule has 0 heterocycles. The topological polar surface area (TPSA) is 91.4 Å². The Balaban J connectivity index is 2.25. The molecule has 0 aromatic heterocycles. The van der Waals surface area contributed by atoms with Crippen LogP contribution in [0.15, 0.2) is 36.4 Å². The molecule has 2 rings (SSSR count). The normalized spacial score (nSPS) is 10.3. The molecule has 2 aromatic carbocycles. The van der Waals surface area contributed by atoms with Crippen molar-refractivity contribution in [3.05, 3.63) is 53.3 Å². The molecule has 22 heavy (non-hydrogen) atoms. The molecular weight excluding hydrogens is 285 g/mol. The molecule has 0 saturated heterocycles. The third kappa shape index (κ3) is 3.81. The first-order chi connectivity index (χ1) is 10.7. The van der Waals surface area contributed by atoms with Gasteiger partial charge in [0.25, 0.3) is 0 Å². The van der Waals surface area contributed by atoms with Crippen LogP contribution in [0.4, 0.5) is 10.1 Å². The average molecular weight is 303 g/mol. The van der Waals surface area contributed by atoms with Gasteiger partial charge in [0, 0.05) is 36.1 Å². The van der Waals surface area contributed by atoms with Gasteiger partial charge < -0.3 is 26.3 Å². The third-order valence-corrected chi connectivity index (χ3v) is 3.08. The van der Waals surface area contributed by atoms with Crippen molar-refractivity contribution < 1.29 is 14.2 Å². The highest BCUT2D eigenvalue weighted by Crippen LogP contribution is 2.28. The van der Waals surface area contributed by atoms with Crippen molar-refractivity contribution in [1.29, 1.82) is 5.41 Å². The number of ether oxygens (including phenoxy) is 1. The minimum absolute atomic E-state index is 0.00509. The van der Waals surface area contributed by atoms with Gasteiger partial charge in [0.15, 0.2) is 0 Å². The first-order valence-corrected chi connectivity index (χ1v) is 6.83. The molecule has 0 unspecified atom stereocenters. The highest BCUT2D eigenvalue weighted by molar-refractivity contribution is 5.86. The van der Waals surface area contributed by atoms with Gasteiger partial charge in [0.05, 0.1) is 6.61 Å². The highest BCUT2D eigenvalue weighted by atomic mass is 19.1. The summed E-state index contributed by atoms with van der Waals surface area (Å²) >= 11 is 0. The van der Waals surface area contributed by atoms with Crippen molar-refractivity contribution in [2.45, 2.75) is 6.54 Å². The molecular formula is C16H18FN3O2. The number of aliphatic hydroxyl groups is 1. The predicted octanol–water partition coefficient (Wildman–Crippen LogP) is 2.48. The van der Waals surface area contributed by atoms with Gasteiger partial charge in [-0.1, -0.05) is 0 Å². The quantitative estimate of drug-likeness (QED) is 0.591. The third-order valence-electron chi connectivity index (χ3n) is 3.08. The predicted molar refractivity (Wildman–Crippen MR) is 84.3 cm³/mol. The van der Waals surface area contributed by atoms with E-state index in [1.165, 1.54) is 24.4 Å². The number of aliphatic hydroxyl groups excluding tert-OH is 1. The van der Waals surface area contributed by atoms with E-state index in [1.54, 1.807) is 18.2 Å². The second kappa shape index (κ2) is 7.53. The Bertz CT molecular complexity index is 662. The summed E-state index contributed by atoms with van der Waals surface area (Å²) < 4.78 is 18.9. The summed E-state index contributed by atoms with van der Waals surface area (Å²) in [6, 6.07) is 9.36. The molecule has 5 nitrogen and oxygen atoms in total. The second-order valence-corrected chi connectivity index (χ2v) is 4.60. The van der Waals surface area contributed by atoms with Crippen LogP contribution >= 0.6 is 0 Å². The zero-order chi connectivity index (χ0) is 15.9. The van der Waals surface area contributed by atoms with E-state index >= 15 is 0 Å². The first kappa shape index (κ1) is 15.9. The van der Waals surface area contributed by atoms with Crippen LogP contribution < -0.4 is 15.8 Å². The van der Waals surface area contributed by atoms with Gasteiger partial charge in [0.2, 0.25) is 0 Å². The van der Waals surface area contributed by atoms with Gasteiger partial charge in [-0.3, -0.25) is 0 Å². The smallest absolute Gasteiger partial charge is 0.132 e. The fraction of sp³-hybridized carbons (Fsp3) is 0.188. The van der Waals surface area contributed by atoms with Gasteiger partial charge in [-0.15, -0.1) is 0 Å². The van der Waals surface area contributed by atoms with E-state index in [0.29, 0.717) is 29.2 Å². The first-order valence-electron chi connectivity index (χ1n) is 6.83. The summed E-state index contributed by atoms with van der Waals surface area (Å²) in [7, 11) is 0. The highest BCUT2D eigenvalue weighted by Gasteiger charge is 2.07. The fourth-order valence-corrected chi connectivity index (χ4v) is 2.01. The number of nitrogens with one attached hydrogen (secondary N) is 2. The van der Waals surface area contributed by atoms with Crippen LogP contribution in [0.5, 0.6) is 11.5 Å². The standard InChI is InChI=1S/C16H18FN3O2/c17-13-1-4-16(12(7-13)10-19)22-14-2-3-15(20-5-6-21)11(8-14)9-18/h1-4,7-9,18,20-21H,5-6,10,19H2. The summed E-state index contributed by atoms with van der Waals surface area (Å²) in [5.74, 6) is 0.641. The number of hydrogen-bond acceptors (Lipinski definition) is 5. The Hall–Kier alpha value is -2.44. The molecule has 5 N–H and O–H groups in total. The molecule has 0 spiro atoms. The molecule has 0 radical (unpaired) electrons.